The van der Waals surface area contributed by atoms with Crippen molar-refractivity contribution in [2.45, 2.75) is 136 Å². The Morgan fingerprint density at radius 2 is 1.28 bits per heavy atom. The molecule has 0 bridgehead atoms. The summed E-state index contributed by atoms with van der Waals surface area (Å²) in [6.07, 6.45) is 1.35. The van der Waals surface area contributed by atoms with Gasteiger partial charge in [0.1, 0.15) is 11.5 Å². The maximum absolute atomic E-state index is 11.5. The van der Waals surface area contributed by atoms with E-state index in [1.54, 1.807) is 27.0 Å². The number of rotatable bonds is 3. The topological polar surface area (TPSA) is 58.9 Å². The molecule has 2 heterocycles. The lowest BCUT2D eigenvalue weighted by Gasteiger charge is -2.03. The fourth-order valence-electron chi connectivity index (χ4n) is 1.16. The third kappa shape index (κ3) is 45.3. The third-order valence-electron chi connectivity index (χ3n) is 5.45. The molecule has 0 aliphatic heterocycles. The van der Waals surface area contributed by atoms with Gasteiger partial charge in [0.2, 0.25) is 5.92 Å². The normalized spacial score (nSPS) is 10.4. The summed E-state index contributed by atoms with van der Waals surface area (Å²) in [5.74, 6) is -1.31. The molecule has 2 aromatic heterocycles. The van der Waals surface area contributed by atoms with E-state index in [9.17, 15) is 39.9 Å². The molecule has 4 nitrogen and oxygen atoms in total. The molecule has 1 N–H and O–H groups in total. The molecule has 0 spiro atoms. The SMILES string of the molecule is C.C/C=C(\C)C(F)(F)F.C/C=C(\C)F.CCC(C)(F)F.CCC(C)=C(F)F.CCC(C)=O.Cc1ccoc1C.Cc1cn[nH]c1C. The van der Waals surface area contributed by atoms with Crippen LogP contribution in [-0.2, 0) is 4.79 Å². The molecule has 46 heavy (non-hydrogen) atoms. The van der Waals surface area contributed by atoms with Crippen molar-refractivity contribution < 1.29 is 44.3 Å². The molecule has 0 radical (unpaired) electrons. The molecule has 0 atom stereocenters. The van der Waals surface area contributed by atoms with E-state index >= 15 is 0 Å². The zero-order valence-corrected chi connectivity index (χ0v) is 29.3. The second kappa shape index (κ2) is 31.8. The van der Waals surface area contributed by atoms with Gasteiger partial charge in [-0.3, -0.25) is 5.10 Å². The standard InChI is InChI=1S/C6H8O.C5H7F3.C5H8F2.C5H8N2.C4H8F2.C4H7F.C4H8O.CH4/c1-5-3-4-7-6(5)2;1-3-4(2)5(6,7)8;1-3-4(2)5(6)7;1-4-3-6-7-5(4)2;1-3-4(2,5)6;2*1-3-4(2)5;/h3-4H,1-2H3;3H,1-2H3;3H2,1-2H3;3H,1-2H3,(H,6,7);3H2,1-2H3;3H,1-2H3;3H2,1-2H3;1H4/b;4-3+;;;;4-3+;;. The van der Waals surface area contributed by atoms with Gasteiger partial charge < -0.3 is 9.21 Å². The highest BCUT2D eigenvalue weighted by Gasteiger charge is 2.28. The maximum atomic E-state index is 11.5. The Kier molecular flexibility index (Phi) is 38.2. The van der Waals surface area contributed by atoms with Gasteiger partial charge in [-0.15, -0.1) is 0 Å². The van der Waals surface area contributed by atoms with Crippen molar-refractivity contribution in [3.63, 3.8) is 0 Å². The van der Waals surface area contributed by atoms with Crippen LogP contribution in [0.2, 0.25) is 0 Å². The minimum Gasteiger partial charge on any atom is -0.469 e. The van der Waals surface area contributed by atoms with Crippen molar-refractivity contribution in [2.75, 3.05) is 0 Å². The first-order valence-corrected chi connectivity index (χ1v) is 14.2. The zero-order valence-electron chi connectivity index (χ0n) is 29.3. The zero-order chi connectivity index (χ0) is 37.0. The Bertz CT molecular complexity index is 1010. The molecule has 0 fully saturated rings. The lowest BCUT2D eigenvalue weighted by molar-refractivity contribution is -0.116. The van der Waals surface area contributed by atoms with Crippen molar-refractivity contribution in [3.8, 4) is 0 Å². The number of alkyl halides is 5. The molecule has 12 heteroatoms. The van der Waals surface area contributed by atoms with Crippen LogP contribution in [0.4, 0.5) is 35.1 Å². The van der Waals surface area contributed by atoms with E-state index in [4.69, 9.17) is 4.42 Å². The molecule has 0 aromatic carbocycles. The summed E-state index contributed by atoms with van der Waals surface area (Å²) < 4.78 is 95.9. The Balaban J connectivity index is -0.000000102. The summed E-state index contributed by atoms with van der Waals surface area (Å²) in [5, 5.41) is 6.61. The number of aromatic nitrogens is 2. The van der Waals surface area contributed by atoms with E-state index in [0.29, 0.717) is 12.8 Å². The van der Waals surface area contributed by atoms with E-state index < -0.39 is 23.8 Å². The molecule has 272 valence electrons. The van der Waals surface area contributed by atoms with Gasteiger partial charge in [0.05, 0.1) is 18.3 Å². The van der Waals surface area contributed by atoms with Crippen LogP contribution in [0.15, 0.2) is 58.1 Å². The van der Waals surface area contributed by atoms with Crippen molar-refractivity contribution >= 4 is 5.78 Å². The number of nitrogens with zero attached hydrogens (tertiary/aromatic N) is 1. The van der Waals surface area contributed by atoms with Gasteiger partial charge in [0.15, 0.2) is 0 Å². The molecule has 2 aromatic rings. The highest BCUT2D eigenvalue weighted by Crippen LogP contribution is 2.24. The minimum absolute atomic E-state index is 0. The molecule has 2 rings (SSSR count). The van der Waals surface area contributed by atoms with Crippen LogP contribution < -0.4 is 0 Å². The molecule has 0 saturated heterocycles. The Hall–Kier alpha value is -3.18. The predicted octanol–water partition coefficient (Wildman–Crippen LogP) is 13.6. The van der Waals surface area contributed by atoms with Crippen LogP contribution in [0, 0.1) is 27.7 Å². The monoisotopic (exact) mass is 678 g/mol. The first-order valence-electron chi connectivity index (χ1n) is 14.2. The number of aromatic amines is 1. The molecular weight excluding hydrogens is 620 g/mol. The number of carbonyl (C=O) groups is 1. The highest BCUT2D eigenvalue weighted by molar-refractivity contribution is 5.74. The summed E-state index contributed by atoms with van der Waals surface area (Å²) >= 11 is 0. The van der Waals surface area contributed by atoms with Crippen LogP contribution in [-0.4, -0.2) is 28.1 Å². The number of ketones is 1. The smallest absolute Gasteiger partial charge is 0.412 e. The van der Waals surface area contributed by atoms with Gasteiger partial charge in [0.25, 0.3) is 6.08 Å². The van der Waals surface area contributed by atoms with Gasteiger partial charge in [-0.2, -0.15) is 27.1 Å². The van der Waals surface area contributed by atoms with E-state index in [1.807, 2.05) is 46.9 Å². The number of hydrogen-bond acceptors (Lipinski definition) is 3. The van der Waals surface area contributed by atoms with Gasteiger partial charge in [-0.1, -0.05) is 40.3 Å². The van der Waals surface area contributed by atoms with E-state index in [2.05, 4.69) is 10.2 Å². The van der Waals surface area contributed by atoms with Crippen LogP contribution >= 0.6 is 0 Å². The van der Waals surface area contributed by atoms with E-state index in [-0.39, 0.29) is 31.0 Å². The lowest BCUT2D eigenvalue weighted by atomic mass is 10.3. The maximum Gasteiger partial charge on any atom is 0.412 e. The fourth-order valence-corrected chi connectivity index (χ4v) is 1.16. The van der Waals surface area contributed by atoms with E-state index in [1.165, 1.54) is 44.9 Å². The molecule has 0 saturated carbocycles. The molecule has 0 amide bonds. The molecule has 0 aliphatic carbocycles. The number of furan rings is 1. The van der Waals surface area contributed by atoms with Crippen molar-refractivity contribution in [1.29, 1.82) is 0 Å². The van der Waals surface area contributed by atoms with Gasteiger partial charge in [-0.25, -0.2) is 13.2 Å². The number of allylic oxidation sites excluding steroid dienone is 5. The highest BCUT2D eigenvalue weighted by atomic mass is 19.4. The Morgan fingerprint density at radius 1 is 0.870 bits per heavy atom. The second-order valence-corrected chi connectivity index (χ2v) is 9.56. The lowest BCUT2D eigenvalue weighted by Crippen LogP contribution is -2.07. The average molecular weight is 679 g/mol. The number of H-pyrrole nitrogens is 1. The van der Waals surface area contributed by atoms with Gasteiger partial charge >= 0.3 is 6.18 Å². The average Bonchev–Trinajstić information content (AvgIpc) is 3.53. The van der Waals surface area contributed by atoms with Crippen molar-refractivity contribution in [1.82, 2.24) is 10.2 Å². The number of nitrogens with one attached hydrogen (secondary N) is 1. The quantitative estimate of drug-likeness (QED) is 0.260. The third-order valence-corrected chi connectivity index (χ3v) is 5.45. The number of carbonyl (C=O) groups excluding carboxylic acids is 1. The predicted molar refractivity (Wildman–Crippen MR) is 176 cm³/mol. The molecule has 0 unspecified atom stereocenters. The van der Waals surface area contributed by atoms with E-state index in [0.717, 1.165) is 31.4 Å². The summed E-state index contributed by atoms with van der Waals surface area (Å²) in [4.78, 5) is 9.81. The van der Waals surface area contributed by atoms with Crippen LogP contribution in [0.1, 0.15) is 119 Å². The van der Waals surface area contributed by atoms with Crippen LogP contribution in [0.3, 0.4) is 0 Å². The minimum atomic E-state index is -4.13. The summed E-state index contributed by atoms with van der Waals surface area (Å²) in [6, 6.07) is 1.95. The Labute approximate surface area is 272 Å². The van der Waals surface area contributed by atoms with Crippen LogP contribution in [0.25, 0.3) is 0 Å². The van der Waals surface area contributed by atoms with Gasteiger partial charge in [0, 0.05) is 24.1 Å². The Morgan fingerprint density at radius 3 is 1.33 bits per heavy atom. The second-order valence-electron chi connectivity index (χ2n) is 9.56. The summed E-state index contributed by atoms with van der Waals surface area (Å²) in [5.41, 5.74) is 3.23. The molecular formula is C34H58F8N2O2. The van der Waals surface area contributed by atoms with Crippen molar-refractivity contribution in [3.05, 3.63) is 76.3 Å². The first-order chi connectivity index (χ1) is 20.4. The van der Waals surface area contributed by atoms with Crippen LogP contribution in [0.5, 0.6) is 0 Å². The number of Topliss-reactive ketones (excluding diaryl/α,β-unsaturated/α-hetero) is 1. The van der Waals surface area contributed by atoms with Gasteiger partial charge in [-0.05, 0) is 105 Å². The molecule has 0 aliphatic rings. The number of halogens is 8. The first kappa shape index (κ1) is 55.2. The summed E-state index contributed by atoms with van der Waals surface area (Å²) in [6.45, 7) is 22.4. The summed E-state index contributed by atoms with van der Waals surface area (Å²) in [7, 11) is 0. The van der Waals surface area contributed by atoms with Crippen molar-refractivity contribution in [2.24, 2.45) is 0 Å². The number of aryl methyl sites for hydroxylation is 4. The largest absolute Gasteiger partial charge is 0.469 e. The fraction of sp³-hybridized carbons (Fsp3) is 0.588. The number of hydrogen-bond donors (Lipinski definition) is 1.